The van der Waals surface area contributed by atoms with Crippen LogP contribution in [0.5, 0.6) is 0 Å². The van der Waals surface area contributed by atoms with Gasteiger partial charge in [-0.25, -0.2) is 0 Å². The molecule has 0 aliphatic rings. The lowest BCUT2D eigenvalue weighted by molar-refractivity contribution is 1.24. The first-order chi connectivity index (χ1) is 9.61. The van der Waals surface area contributed by atoms with E-state index in [4.69, 9.17) is 11.1 Å². The molecule has 0 saturated carbocycles. The molecular weight excluding hydrogens is 284 g/mol. The van der Waals surface area contributed by atoms with E-state index in [2.05, 4.69) is 31.2 Å². The van der Waals surface area contributed by atoms with E-state index >= 15 is 0 Å². The molecule has 2 rings (SSSR count). The van der Waals surface area contributed by atoms with E-state index in [0.717, 1.165) is 21.1 Å². The van der Waals surface area contributed by atoms with Gasteiger partial charge in [0.1, 0.15) is 5.84 Å². The van der Waals surface area contributed by atoms with E-state index in [9.17, 15) is 0 Å². The Labute approximate surface area is 128 Å². The molecule has 2 aromatic rings. The summed E-state index contributed by atoms with van der Waals surface area (Å²) >= 11 is 3.36. The van der Waals surface area contributed by atoms with Crippen molar-refractivity contribution in [3.8, 4) is 0 Å². The molecule has 104 valence electrons. The summed E-state index contributed by atoms with van der Waals surface area (Å²) in [5.74, 6) is 1.03. The maximum Gasteiger partial charge on any atom is 0.125 e. The van der Waals surface area contributed by atoms with Crippen LogP contribution in [0.4, 0.5) is 0 Å². The van der Waals surface area contributed by atoms with Crippen molar-refractivity contribution >= 4 is 29.4 Å². The number of nitrogens with two attached hydrogens (primary N) is 1. The number of aryl methyl sites for hydroxylation is 1. The average Bonchev–Trinajstić information content (AvgIpc) is 2.44. The molecule has 0 spiro atoms. The molecule has 0 aliphatic carbocycles. The molecule has 0 heterocycles. The number of amidine groups is 1. The van der Waals surface area contributed by atoms with Crippen molar-refractivity contribution in [1.29, 1.82) is 5.41 Å². The van der Waals surface area contributed by atoms with Crippen molar-refractivity contribution in [2.45, 2.75) is 22.5 Å². The van der Waals surface area contributed by atoms with Gasteiger partial charge < -0.3 is 5.73 Å². The first-order valence-corrected chi connectivity index (χ1v) is 8.52. The zero-order chi connectivity index (χ0) is 14.5. The maximum atomic E-state index is 7.79. The van der Waals surface area contributed by atoms with Crippen LogP contribution in [-0.2, 0) is 5.75 Å². The Morgan fingerprint density at radius 1 is 1.15 bits per heavy atom. The third-order valence-electron chi connectivity index (χ3n) is 2.95. The van der Waals surface area contributed by atoms with Crippen molar-refractivity contribution in [3.63, 3.8) is 0 Å². The fraction of sp³-hybridized carbons (Fsp3) is 0.188. The van der Waals surface area contributed by atoms with Gasteiger partial charge in [0.25, 0.3) is 0 Å². The van der Waals surface area contributed by atoms with Gasteiger partial charge in [-0.1, -0.05) is 35.9 Å². The predicted octanol–water partition coefficient (Wildman–Crippen LogP) is 4.29. The summed E-state index contributed by atoms with van der Waals surface area (Å²) in [6, 6.07) is 14.6. The van der Waals surface area contributed by atoms with Gasteiger partial charge in [-0.3, -0.25) is 5.41 Å². The standard InChI is InChI=1S/C16H18N2S2/c1-11-5-3-6-12(9-11)10-20-14-8-4-7-13(19-2)15(14)16(17)18/h3-9H,10H2,1-2H3,(H3,17,18). The lowest BCUT2D eigenvalue weighted by Crippen LogP contribution is -2.13. The number of nitrogen functional groups attached to an aromatic ring is 1. The zero-order valence-corrected chi connectivity index (χ0v) is 13.3. The summed E-state index contributed by atoms with van der Waals surface area (Å²) in [6.07, 6.45) is 2.01. The Hall–Kier alpha value is -1.39. The average molecular weight is 302 g/mol. The topological polar surface area (TPSA) is 49.9 Å². The number of benzene rings is 2. The lowest BCUT2D eigenvalue weighted by atomic mass is 10.2. The van der Waals surface area contributed by atoms with Crippen LogP contribution < -0.4 is 5.73 Å². The fourth-order valence-corrected chi connectivity index (χ4v) is 3.77. The highest BCUT2D eigenvalue weighted by atomic mass is 32.2. The summed E-state index contributed by atoms with van der Waals surface area (Å²) < 4.78 is 0. The van der Waals surface area contributed by atoms with Gasteiger partial charge in [-0.15, -0.1) is 23.5 Å². The largest absolute Gasteiger partial charge is 0.384 e. The number of rotatable bonds is 5. The van der Waals surface area contributed by atoms with E-state index in [0.29, 0.717) is 0 Å². The van der Waals surface area contributed by atoms with Gasteiger partial charge in [0.15, 0.2) is 0 Å². The van der Waals surface area contributed by atoms with Crippen LogP contribution in [0, 0.1) is 12.3 Å². The monoisotopic (exact) mass is 302 g/mol. The minimum Gasteiger partial charge on any atom is -0.384 e. The highest BCUT2D eigenvalue weighted by molar-refractivity contribution is 7.99. The molecule has 2 nitrogen and oxygen atoms in total. The molecule has 0 atom stereocenters. The lowest BCUT2D eigenvalue weighted by Gasteiger charge is -2.12. The van der Waals surface area contributed by atoms with Gasteiger partial charge in [-0.05, 0) is 30.9 Å². The van der Waals surface area contributed by atoms with Crippen molar-refractivity contribution < 1.29 is 0 Å². The van der Waals surface area contributed by atoms with Gasteiger partial charge in [0.05, 0.1) is 0 Å². The molecular formula is C16H18N2S2. The van der Waals surface area contributed by atoms with Crippen LogP contribution in [0.1, 0.15) is 16.7 Å². The second kappa shape index (κ2) is 6.86. The molecule has 0 bridgehead atoms. The first-order valence-electron chi connectivity index (χ1n) is 6.31. The molecule has 0 fully saturated rings. The second-order valence-corrected chi connectivity index (χ2v) is 6.39. The smallest absolute Gasteiger partial charge is 0.125 e. The normalized spacial score (nSPS) is 10.5. The Kier molecular flexibility index (Phi) is 5.15. The summed E-state index contributed by atoms with van der Waals surface area (Å²) in [5, 5.41) is 7.79. The Morgan fingerprint density at radius 3 is 2.50 bits per heavy atom. The Morgan fingerprint density at radius 2 is 1.85 bits per heavy atom. The minimum absolute atomic E-state index is 0.140. The zero-order valence-electron chi connectivity index (χ0n) is 11.6. The molecule has 4 heteroatoms. The van der Waals surface area contributed by atoms with Gasteiger partial charge in [-0.2, -0.15) is 0 Å². The Balaban J connectivity index is 2.23. The van der Waals surface area contributed by atoms with Gasteiger partial charge >= 0.3 is 0 Å². The molecule has 0 amide bonds. The van der Waals surface area contributed by atoms with E-state index in [-0.39, 0.29) is 5.84 Å². The molecule has 2 aromatic carbocycles. The molecule has 20 heavy (non-hydrogen) atoms. The van der Waals surface area contributed by atoms with Crippen LogP contribution >= 0.6 is 23.5 Å². The van der Waals surface area contributed by atoms with E-state index in [1.54, 1.807) is 23.5 Å². The third-order valence-corrected chi connectivity index (χ3v) is 4.86. The molecule has 0 radical (unpaired) electrons. The van der Waals surface area contributed by atoms with Crippen LogP contribution in [0.3, 0.4) is 0 Å². The van der Waals surface area contributed by atoms with Crippen molar-refractivity contribution in [3.05, 3.63) is 59.2 Å². The minimum atomic E-state index is 0.140. The fourth-order valence-electron chi connectivity index (χ4n) is 2.03. The SMILES string of the molecule is CSc1cccc(SCc2cccc(C)c2)c1C(=N)N. The van der Waals surface area contributed by atoms with Crippen molar-refractivity contribution in [2.24, 2.45) is 5.73 Å². The molecule has 3 N–H and O–H groups in total. The molecule has 0 aromatic heterocycles. The number of thioether (sulfide) groups is 2. The summed E-state index contributed by atoms with van der Waals surface area (Å²) in [5.41, 5.74) is 9.16. The highest BCUT2D eigenvalue weighted by Crippen LogP contribution is 2.32. The van der Waals surface area contributed by atoms with Crippen molar-refractivity contribution in [2.75, 3.05) is 6.26 Å². The van der Waals surface area contributed by atoms with E-state index in [1.807, 2.05) is 24.5 Å². The summed E-state index contributed by atoms with van der Waals surface area (Å²) in [4.78, 5) is 2.14. The summed E-state index contributed by atoms with van der Waals surface area (Å²) in [7, 11) is 0. The van der Waals surface area contributed by atoms with Gasteiger partial charge in [0.2, 0.25) is 0 Å². The molecule has 0 aliphatic heterocycles. The van der Waals surface area contributed by atoms with Crippen LogP contribution in [-0.4, -0.2) is 12.1 Å². The van der Waals surface area contributed by atoms with Crippen molar-refractivity contribution in [1.82, 2.24) is 0 Å². The molecule has 0 unspecified atom stereocenters. The summed E-state index contributed by atoms with van der Waals surface area (Å²) in [6.45, 7) is 2.10. The Bertz CT molecular complexity index is 624. The first kappa shape index (κ1) is 15.0. The maximum absolute atomic E-state index is 7.79. The van der Waals surface area contributed by atoms with Crippen LogP contribution in [0.25, 0.3) is 0 Å². The van der Waals surface area contributed by atoms with Crippen LogP contribution in [0.15, 0.2) is 52.3 Å². The van der Waals surface area contributed by atoms with E-state index in [1.165, 1.54) is 11.1 Å². The number of hydrogen-bond donors (Lipinski definition) is 2. The number of hydrogen-bond acceptors (Lipinski definition) is 3. The molecule has 0 saturated heterocycles. The van der Waals surface area contributed by atoms with Crippen LogP contribution in [0.2, 0.25) is 0 Å². The number of nitrogens with one attached hydrogen (secondary N) is 1. The van der Waals surface area contributed by atoms with Gasteiger partial charge in [0, 0.05) is 21.1 Å². The predicted molar refractivity (Wildman–Crippen MR) is 90.0 cm³/mol. The van der Waals surface area contributed by atoms with E-state index < -0.39 is 0 Å². The quantitative estimate of drug-likeness (QED) is 0.492. The second-order valence-electron chi connectivity index (χ2n) is 4.52. The third kappa shape index (κ3) is 3.58. The highest BCUT2D eigenvalue weighted by Gasteiger charge is 2.11.